The second-order valence-corrected chi connectivity index (χ2v) is 3.84. The van der Waals surface area contributed by atoms with Crippen molar-refractivity contribution in [2.75, 3.05) is 0 Å². The Balaban J connectivity index is 3.93. The van der Waals surface area contributed by atoms with Crippen LogP contribution in [0, 0.1) is 0 Å². The molecular weight excluding hydrogens is 172 g/mol. The minimum atomic E-state index is -4.16. The first-order valence-electron chi connectivity index (χ1n) is 3.29. The van der Waals surface area contributed by atoms with Gasteiger partial charge in [0, 0.05) is 0 Å². The fourth-order valence-corrected chi connectivity index (χ4v) is 1.13. The summed E-state index contributed by atoms with van der Waals surface area (Å²) in [6.07, 6.45) is 1.43. The lowest BCUT2D eigenvalue weighted by Crippen LogP contribution is -2.21. The Bertz CT molecular complexity index is 185. The second kappa shape index (κ2) is 4.66. The number of aliphatic hydroxyl groups excluding tert-OH is 1. The summed E-state index contributed by atoms with van der Waals surface area (Å²) in [6, 6.07) is 0. The van der Waals surface area contributed by atoms with E-state index in [9.17, 15) is 8.42 Å². The number of rotatable bonds is 5. The third kappa shape index (κ3) is 3.66. The second-order valence-electron chi connectivity index (χ2n) is 2.16. The van der Waals surface area contributed by atoms with E-state index < -0.39 is 15.6 Å². The van der Waals surface area contributed by atoms with Crippen molar-refractivity contribution in [3.8, 4) is 0 Å². The van der Waals surface area contributed by atoms with E-state index in [1.165, 1.54) is 0 Å². The lowest BCUT2D eigenvalue weighted by molar-refractivity contribution is -0.134. The molecule has 6 heteroatoms. The molecule has 0 heterocycles. The third-order valence-corrected chi connectivity index (χ3v) is 2.35. The van der Waals surface area contributed by atoms with Crippen molar-refractivity contribution in [3.63, 3.8) is 0 Å². The molecule has 68 valence electrons. The normalized spacial score (nSPS) is 14.8. The fourth-order valence-electron chi connectivity index (χ4n) is 0.573. The van der Waals surface area contributed by atoms with Crippen molar-refractivity contribution in [1.29, 1.82) is 0 Å². The Morgan fingerprint density at radius 1 is 1.55 bits per heavy atom. The maximum absolute atomic E-state index is 10.5. The van der Waals surface area contributed by atoms with Crippen molar-refractivity contribution in [1.82, 2.24) is 0 Å². The quantitative estimate of drug-likeness (QED) is 0.474. The molecule has 0 fully saturated rings. The van der Waals surface area contributed by atoms with Gasteiger partial charge < -0.3 is 5.11 Å². The highest BCUT2D eigenvalue weighted by Crippen LogP contribution is 2.07. The van der Waals surface area contributed by atoms with Crippen molar-refractivity contribution >= 4 is 10.1 Å². The Morgan fingerprint density at radius 2 is 2.09 bits per heavy atom. The molecule has 0 aliphatic heterocycles. The van der Waals surface area contributed by atoms with Gasteiger partial charge in [0.1, 0.15) is 0 Å². The van der Waals surface area contributed by atoms with E-state index in [2.05, 4.69) is 4.33 Å². The zero-order valence-corrected chi connectivity index (χ0v) is 7.04. The monoisotopic (exact) mass is 184 g/mol. The number of unbranched alkanes of at least 4 members (excludes halogenated alkanes) is 1. The molecule has 0 aliphatic rings. The minimum Gasteiger partial charge on any atom is -0.375 e. The summed E-state index contributed by atoms with van der Waals surface area (Å²) in [5.74, 6) is 0. The largest absolute Gasteiger partial charge is 0.375 e. The molecule has 5 nitrogen and oxygen atoms in total. The summed E-state index contributed by atoms with van der Waals surface area (Å²) in [4.78, 5) is 0. The minimum absolute atomic E-state index is 0.0827. The van der Waals surface area contributed by atoms with Gasteiger partial charge in [-0.3, -0.25) is 0 Å². The van der Waals surface area contributed by atoms with Crippen LogP contribution in [0.5, 0.6) is 0 Å². The van der Waals surface area contributed by atoms with Crippen LogP contribution in [0.1, 0.15) is 26.2 Å². The molecule has 0 aromatic rings. The van der Waals surface area contributed by atoms with Crippen molar-refractivity contribution in [3.05, 3.63) is 0 Å². The van der Waals surface area contributed by atoms with Gasteiger partial charge in [-0.2, -0.15) is 8.42 Å². The maximum atomic E-state index is 10.5. The Labute approximate surface area is 65.7 Å². The molecule has 0 saturated carbocycles. The molecule has 0 aromatic carbocycles. The van der Waals surface area contributed by atoms with Gasteiger partial charge in [-0.1, -0.05) is 13.3 Å². The highest BCUT2D eigenvalue weighted by atomic mass is 32.2. The van der Waals surface area contributed by atoms with E-state index in [1.54, 1.807) is 0 Å². The Hall–Kier alpha value is -0.170. The van der Waals surface area contributed by atoms with Crippen LogP contribution in [0.4, 0.5) is 0 Å². The number of aliphatic hydroxyl groups is 1. The molecule has 0 radical (unpaired) electrons. The summed E-state index contributed by atoms with van der Waals surface area (Å²) in [5.41, 5.74) is -1.62. The van der Waals surface area contributed by atoms with E-state index in [1.807, 2.05) is 6.92 Å². The van der Waals surface area contributed by atoms with Crippen LogP contribution in [0.3, 0.4) is 0 Å². The topological polar surface area (TPSA) is 83.8 Å². The first-order chi connectivity index (χ1) is 5.04. The smallest absolute Gasteiger partial charge is 0.320 e. The van der Waals surface area contributed by atoms with Crippen LogP contribution in [-0.2, 0) is 14.5 Å². The van der Waals surface area contributed by atoms with Gasteiger partial charge in [-0.25, -0.2) is 5.26 Å². The molecule has 0 amide bonds. The number of hydrogen-bond donors (Lipinski definition) is 2. The first kappa shape index (κ1) is 10.8. The van der Waals surface area contributed by atoms with E-state index in [0.29, 0.717) is 6.42 Å². The van der Waals surface area contributed by atoms with Gasteiger partial charge >= 0.3 is 10.1 Å². The number of hydrogen-bond acceptors (Lipinski definition) is 5. The molecule has 0 rings (SSSR count). The molecule has 1 unspecified atom stereocenters. The maximum Gasteiger partial charge on any atom is 0.320 e. The summed E-state index contributed by atoms with van der Waals surface area (Å²) in [7, 11) is -4.16. The van der Waals surface area contributed by atoms with E-state index in [-0.39, 0.29) is 6.42 Å². The summed E-state index contributed by atoms with van der Waals surface area (Å²) < 4.78 is 24.1. The molecular formula is C5H12O5S. The predicted octanol–water partition coefficient (Wildman–Crippen LogP) is 0.314. The average Bonchev–Trinajstić information content (AvgIpc) is 2.00. The predicted molar refractivity (Wildman–Crippen MR) is 38.2 cm³/mol. The van der Waals surface area contributed by atoms with Crippen LogP contribution < -0.4 is 0 Å². The SMILES string of the molecule is CCCCC(O)S(=O)(=O)OO. The summed E-state index contributed by atoms with van der Waals surface area (Å²) in [6.45, 7) is 1.86. The van der Waals surface area contributed by atoms with Crippen LogP contribution >= 0.6 is 0 Å². The molecule has 2 N–H and O–H groups in total. The third-order valence-electron chi connectivity index (χ3n) is 1.24. The first-order valence-corrected chi connectivity index (χ1v) is 4.76. The van der Waals surface area contributed by atoms with E-state index >= 15 is 0 Å². The van der Waals surface area contributed by atoms with Gasteiger partial charge in [0.2, 0.25) is 0 Å². The van der Waals surface area contributed by atoms with Crippen LogP contribution in [0.15, 0.2) is 0 Å². The Kier molecular flexibility index (Phi) is 4.58. The molecule has 1 atom stereocenters. The van der Waals surface area contributed by atoms with Crippen LogP contribution in [0.2, 0.25) is 0 Å². The molecule has 0 saturated heterocycles. The zero-order chi connectivity index (χ0) is 8.91. The van der Waals surface area contributed by atoms with E-state index in [4.69, 9.17) is 10.4 Å². The van der Waals surface area contributed by atoms with Crippen molar-refractivity contribution in [2.24, 2.45) is 0 Å². The van der Waals surface area contributed by atoms with Crippen LogP contribution in [-0.4, -0.2) is 24.2 Å². The molecule has 0 aromatic heterocycles. The molecule has 0 bridgehead atoms. The standard InChI is InChI=1S/C5H12O5S/c1-2-3-4-5(6)11(8,9)10-7/h5-7H,2-4H2,1H3. The van der Waals surface area contributed by atoms with Crippen molar-refractivity contribution in [2.45, 2.75) is 31.6 Å². The average molecular weight is 184 g/mol. The van der Waals surface area contributed by atoms with Gasteiger partial charge in [0.25, 0.3) is 0 Å². The van der Waals surface area contributed by atoms with E-state index in [0.717, 1.165) is 6.42 Å². The lowest BCUT2D eigenvalue weighted by atomic mass is 10.3. The Morgan fingerprint density at radius 3 is 2.45 bits per heavy atom. The molecule has 11 heavy (non-hydrogen) atoms. The summed E-state index contributed by atoms with van der Waals surface area (Å²) in [5, 5.41) is 16.7. The van der Waals surface area contributed by atoms with Gasteiger partial charge in [-0.05, 0) is 12.8 Å². The molecule has 0 aliphatic carbocycles. The summed E-state index contributed by atoms with van der Waals surface area (Å²) >= 11 is 0. The van der Waals surface area contributed by atoms with Gasteiger partial charge in [0.05, 0.1) is 0 Å². The fraction of sp³-hybridized carbons (Fsp3) is 1.00. The van der Waals surface area contributed by atoms with Gasteiger partial charge in [0.15, 0.2) is 5.44 Å². The lowest BCUT2D eigenvalue weighted by Gasteiger charge is -2.06. The van der Waals surface area contributed by atoms with Gasteiger partial charge in [-0.15, -0.1) is 4.33 Å². The highest BCUT2D eigenvalue weighted by molar-refractivity contribution is 7.87. The van der Waals surface area contributed by atoms with Crippen LogP contribution in [0.25, 0.3) is 0 Å². The van der Waals surface area contributed by atoms with Crippen molar-refractivity contribution < 1.29 is 23.1 Å². The zero-order valence-electron chi connectivity index (χ0n) is 6.23. The molecule has 0 spiro atoms. The highest BCUT2D eigenvalue weighted by Gasteiger charge is 2.22.